The van der Waals surface area contributed by atoms with E-state index in [0.29, 0.717) is 5.92 Å². The number of nitriles is 1. The van der Waals surface area contributed by atoms with Gasteiger partial charge in [0.1, 0.15) is 6.04 Å². The fourth-order valence-electron chi connectivity index (χ4n) is 2.52. The Balaban J connectivity index is 2.25. The molecule has 2 nitrogen and oxygen atoms in total. The third-order valence-electron chi connectivity index (χ3n) is 3.52. The minimum Gasteiger partial charge on any atom is -0.291 e. The van der Waals surface area contributed by atoms with E-state index in [0.717, 1.165) is 13.0 Å². The van der Waals surface area contributed by atoms with E-state index in [1.807, 2.05) is 7.05 Å². The maximum Gasteiger partial charge on any atom is 0.104 e. The Labute approximate surface area is 97.5 Å². The summed E-state index contributed by atoms with van der Waals surface area (Å²) in [4.78, 5) is 2.17. The monoisotopic (exact) mass is 214 g/mol. The fourth-order valence-corrected chi connectivity index (χ4v) is 2.52. The lowest BCUT2D eigenvalue weighted by Crippen LogP contribution is -2.40. The largest absolute Gasteiger partial charge is 0.291 e. The molecular weight excluding hydrogens is 196 g/mol. The zero-order valence-corrected chi connectivity index (χ0v) is 9.98. The molecule has 1 heterocycles. The number of hydrogen-bond acceptors (Lipinski definition) is 2. The van der Waals surface area contributed by atoms with Gasteiger partial charge in [0.25, 0.3) is 0 Å². The molecule has 0 N–H and O–H groups in total. The molecule has 0 aliphatic carbocycles. The van der Waals surface area contributed by atoms with Crippen molar-refractivity contribution in [2.24, 2.45) is 0 Å². The van der Waals surface area contributed by atoms with Crippen LogP contribution in [0.3, 0.4) is 0 Å². The predicted octanol–water partition coefficient (Wildman–Crippen LogP) is 2.70. The van der Waals surface area contributed by atoms with E-state index >= 15 is 0 Å². The highest BCUT2D eigenvalue weighted by atomic mass is 15.1. The molecule has 0 spiro atoms. The smallest absolute Gasteiger partial charge is 0.104 e. The maximum absolute atomic E-state index is 9.26. The van der Waals surface area contributed by atoms with Gasteiger partial charge in [0, 0.05) is 5.92 Å². The molecular formula is C14H18N2. The van der Waals surface area contributed by atoms with Crippen LogP contribution >= 0.6 is 0 Å². The van der Waals surface area contributed by atoms with E-state index in [2.05, 4.69) is 42.2 Å². The topological polar surface area (TPSA) is 27.0 Å². The normalized spacial score (nSPS) is 26.3. The van der Waals surface area contributed by atoms with Crippen LogP contribution in [0.15, 0.2) is 24.3 Å². The van der Waals surface area contributed by atoms with Gasteiger partial charge in [-0.1, -0.05) is 29.8 Å². The second-order valence-electron chi connectivity index (χ2n) is 4.71. The van der Waals surface area contributed by atoms with Gasteiger partial charge in [0.05, 0.1) is 6.07 Å². The molecule has 1 aliphatic rings. The van der Waals surface area contributed by atoms with Crippen molar-refractivity contribution in [1.82, 2.24) is 4.90 Å². The van der Waals surface area contributed by atoms with Crippen molar-refractivity contribution in [3.63, 3.8) is 0 Å². The van der Waals surface area contributed by atoms with E-state index in [9.17, 15) is 5.26 Å². The van der Waals surface area contributed by atoms with Crippen LogP contribution in [0.5, 0.6) is 0 Å². The summed E-state index contributed by atoms with van der Waals surface area (Å²) in [6.45, 7) is 3.14. The Hall–Kier alpha value is -1.33. The van der Waals surface area contributed by atoms with Gasteiger partial charge in [0.2, 0.25) is 0 Å². The van der Waals surface area contributed by atoms with Crippen molar-refractivity contribution < 1.29 is 0 Å². The molecule has 0 bridgehead atoms. The number of rotatable bonds is 1. The highest BCUT2D eigenvalue weighted by molar-refractivity contribution is 5.28. The first kappa shape index (κ1) is 11.2. The summed E-state index contributed by atoms with van der Waals surface area (Å²) in [5.74, 6) is 0.379. The lowest BCUT2D eigenvalue weighted by Gasteiger charge is -2.35. The van der Waals surface area contributed by atoms with Crippen molar-refractivity contribution >= 4 is 0 Å². The van der Waals surface area contributed by atoms with Gasteiger partial charge in [-0.15, -0.1) is 0 Å². The van der Waals surface area contributed by atoms with Gasteiger partial charge in [-0.3, -0.25) is 4.90 Å². The molecule has 1 fully saturated rings. The third-order valence-corrected chi connectivity index (χ3v) is 3.52. The standard InChI is InChI=1S/C14H18N2/c1-11-5-7-12(8-6-11)13-4-3-9-16(2)14(13)10-15/h5-8,13-14H,3-4,9H2,1-2H3/t13-,14+/m1/s1. The highest BCUT2D eigenvalue weighted by Gasteiger charge is 2.29. The van der Waals surface area contributed by atoms with E-state index in [1.165, 1.54) is 17.5 Å². The van der Waals surface area contributed by atoms with Crippen molar-refractivity contribution in [3.05, 3.63) is 35.4 Å². The van der Waals surface area contributed by atoms with Crippen LogP contribution in [0, 0.1) is 18.3 Å². The minimum atomic E-state index is 0.0384. The summed E-state index contributed by atoms with van der Waals surface area (Å²) in [5, 5.41) is 9.26. The number of benzene rings is 1. The zero-order chi connectivity index (χ0) is 11.5. The summed E-state index contributed by atoms with van der Waals surface area (Å²) in [7, 11) is 2.05. The molecule has 0 saturated carbocycles. The molecule has 16 heavy (non-hydrogen) atoms. The Morgan fingerprint density at radius 2 is 2.00 bits per heavy atom. The molecule has 0 amide bonds. The van der Waals surface area contributed by atoms with Gasteiger partial charge >= 0.3 is 0 Å². The third kappa shape index (κ3) is 2.10. The molecule has 84 valence electrons. The van der Waals surface area contributed by atoms with Crippen LogP contribution in [0.4, 0.5) is 0 Å². The van der Waals surface area contributed by atoms with Gasteiger partial charge in [-0.2, -0.15) is 5.26 Å². The van der Waals surface area contributed by atoms with Crippen molar-refractivity contribution in [2.45, 2.75) is 31.7 Å². The number of piperidine rings is 1. The Morgan fingerprint density at radius 1 is 1.31 bits per heavy atom. The first-order valence-corrected chi connectivity index (χ1v) is 5.89. The van der Waals surface area contributed by atoms with E-state index in [-0.39, 0.29) is 6.04 Å². The molecule has 1 aliphatic heterocycles. The molecule has 1 aromatic rings. The second kappa shape index (κ2) is 4.67. The van der Waals surface area contributed by atoms with Gasteiger partial charge in [-0.05, 0) is 38.9 Å². The second-order valence-corrected chi connectivity index (χ2v) is 4.71. The number of likely N-dealkylation sites (tertiary alicyclic amines) is 1. The van der Waals surface area contributed by atoms with Crippen LogP contribution in [0.2, 0.25) is 0 Å². The number of aryl methyl sites for hydroxylation is 1. The molecule has 1 saturated heterocycles. The van der Waals surface area contributed by atoms with Crippen molar-refractivity contribution in [1.29, 1.82) is 5.26 Å². The highest BCUT2D eigenvalue weighted by Crippen LogP contribution is 2.31. The molecule has 2 rings (SSSR count). The van der Waals surface area contributed by atoms with Gasteiger partial charge < -0.3 is 0 Å². The summed E-state index contributed by atoms with van der Waals surface area (Å²) in [5.41, 5.74) is 2.59. The summed E-state index contributed by atoms with van der Waals surface area (Å²) in [6.07, 6.45) is 2.32. The quantitative estimate of drug-likeness (QED) is 0.718. The molecule has 1 aromatic carbocycles. The molecule has 0 unspecified atom stereocenters. The van der Waals surface area contributed by atoms with E-state index in [4.69, 9.17) is 0 Å². The fraction of sp³-hybridized carbons (Fsp3) is 0.500. The Bertz CT molecular complexity index is 388. The average molecular weight is 214 g/mol. The van der Waals surface area contributed by atoms with Crippen molar-refractivity contribution in [2.75, 3.05) is 13.6 Å². The maximum atomic E-state index is 9.26. The van der Waals surface area contributed by atoms with Crippen LogP contribution in [0.1, 0.15) is 29.9 Å². The van der Waals surface area contributed by atoms with Gasteiger partial charge in [-0.25, -0.2) is 0 Å². The first-order valence-electron chi connectivity index (χ1n) is 5.89. The van der Waals surface area contributed by atoms with Gasteiger partial charge in [0.15, 0.2) is 0 Å². The summed E-state index contributed by atoms with van der Waals surface area (Å²) in [6, 6.07) is 11.1. The van der Waals surface area contributed by atoms with Crippen LogP contribution in [-0.4, -0.2) is 24.5 Å². The average Bonchev–Trinajstić information content (AvgIpc) is 2.30. The van der Waals surface area contributed by atoms with E-state index in [1.54, 1.807) is 0 Å². The zero-order valence-electron chi connectivity index (χ0n) is 9.98. The predicted molar refractivity (Wildman–Crippen MR) is 65.2 cm³/mol. The SMILES string of the molecule is Cc1ccc([C@H]2CCCN(C)[C@H]2C#N)cc1. The molecule has 0 aromatic heterocycles. The lowest BCUT2D eigenvalue weighted by molar-refractivity contribution is 0.201. The van der Waals surface area contributed by atoms with Crippen molar-refractivity contribution in [3.8, 4) is 6.07 Å². The Morgan fingerprint density at radius 3 is 2.62 bits per heavy atom. The van der Waals surface area contributed by atoms with E-state index < -0.39 is 0 Å². The van der Waals surface area contributed by atoms with Crippen LogP contribution in [-0.2, 0) is 0 Å². The van der Waals surface area contributed by atoms with Crippen LogP contribution < -0.4 is 0 Å². The summed E-state index contributed by atoms with van der Waals surface area (Å²) < 4.78 is 0. The molecule has 0 radical (unpaired) electrons. The number of hydrogen-bond donors (Lipinski definition) is 0. The minimum absolute atomic E-state index is 0.0384. The number of likely N-dealkylation sites (N-methyl/N-ethyl adjacent to an activating group) is 1. The summed E-state index contributed by atoms with van der Waals surface area (Å²) >= 11 is 0. The lowest BCUT2D eigenvalue weighted by atomic mass is 9.84. The molecule has 2 atom stereocenters. The Kier molecular flexibility index (Phi) is 3.26. The van der Waals surface area contributed by atoms with Crippen LogP contribution in [0.25, 0.3) is 0 Å². The molecule has 2 heteroatoms. The number of nitrogens with zero attached hydrogens (tertiary/aromatic N) is 2. The first-order chi connectivity index (χ1) is 7.72.